The molecule has 0 aliphatic heterocycles. The van der Waals surface area contributed by atoms with Crippen molar-refractivity contribution >= 4 is 38.3 Å². The Kier molecular flexibility index (Phi) is 4.31. The fourth-order valence-corrected chi connectivity index (χ4v) is 2.98. The Morgan fingerprint density at radius 1 is 1.27 bits per heavy atom. The van der Waals surface area contributed by atoms with E-state index in [2.05, 4.69) is 31.2 Å². The van der Waals surface area contributed by atoms with E-state index in [-0.39, 0.29) is 5.91 Å². The number of aryl methyl sites for hydroxylation is 1. The number of pyridine rings is 1. The second kappa shape index (κ2) is 6.37. The summed E-state index contributed by atoms with van der Waals surface area (Å²) in [4.78, 5) is 20.8. The lowest BCUT2D eigenvalue weighted by Gasteiger charge is -2.08. The van der Waals surface area contributed by atoms with Gasteiger partial charge in [0.1, 0.15) is 0 Å². The molecule has 0 aliphatic carbocycles. The first-order chi connectivity index (χ1) is 10.6. The van der Waals surface area contributed by atoms with Crippen LogP contribution in [0.25, 0.3) is 11.3 Å². The highest BCUT2D eigenvalue weighted by Gasteiger charge is 2.12. The van der Waals surface area contributed by atoms with Crippen molar-refractivity contribution in [3.05, 3.63) is 63.7 Å². The van der Waals surface area contributed by atoms with Crippen molar-refractivity contribution in [2.24, 2.45) is 0 Å². The van der Waals surface area contributed by atoms with Crippen molar-refractivity contribution in [2.45, 2.75) is 6.92 Å². The summed E-state index contributed by atoms with van der Waals surface area (Å²) in [6, 6.07) is 11.6. The van der Waals surface area contributed by atoms with Gasteiger partial charge < -0.3 is 0 Å². The number of nitrogens with one attached hydrogen (secondary N) is 1. The number of aromatic nitrogens is 2. The summed E-state index contributed by atoms with van der Waals surface area (Å²) < 4.78 is 0.995. The van der Waals surface area contributed by atoms with Crippen molar-refractivity contribution in [2.75, 3.05) is 5.32 Å². The Bertz CT molecular complexity index is 818. The quantitative estimate of drug-likeness (QED) is 0.733. The summed E-state index contributed by atoms with van der Waals surface area (Å²) in [6.45, 7) is 1.83. The first-order valence-electron chi connectivity index (χ1n) is 6.58. The number of benzene rings is 1. The molecule has 3 aromatic rings. The first kappa shape index (κ1) is 14.9. The number of hydrogen-bond acceptors (Lipinski definition) is 4. The van der Waals surface area contributed by atoms with Gasteiger partial charge in [-0.25, -0.2) is 4.98 Å². The maximum Gasteiger partial charge on any atom is 0.259 e. The van der Waals surface area contributed by atoms with E-state index >= 15 is 0 Å². The zero-order chi connectivity index (χ0) is 15.5. The summed E-state index contributed by atoms with van der Waals surface area (Å²) in [7, 11) is 0. The Balaban J connectivity index is 1.87. The van der Waals surface area contributed by atoms with Crippen LogP contribution in [0.1, 0.15) is 16.1 Å². The summed E-state index contributed by atoms with van der Waals surface area (Å²) in [5.41, 5.74) is 3.08. The topological polar surface area (TPSA) is 54.9 Å². The van der Waals surface area contributed by atoms with E-state index in [1.807, 2.05) is 42.6 Å². The van der Waals surface area contributed by atoms with Crippen molar-refractivity contribution in [3.63, 3.8) is 0 Å². The molecule has 3 rings (SSSR count). The van der Waals surface area contributed by atoms with E-state index in [1.165, 1.54) is 11.3 Å². The van der Waals surface area contributed by atoms with E-state index < -0.39 is 0 Å². The van der Waals surface area contributed by atoms with Crippen LogP contribution in [0.2, 0.25) is 0 Å². The maximum atomic E-state index is 12.2. The lowest BCUT2D eigenvalue weighted by atomic mass is 10.1. The largest absolute Gasteiger partial charge is 0.298 e. The Morgan fingerprint density at radius 3 is 2.82 bits per heavy atom. The molecule has 2 aromatic heterocycles. The molecule has 2 heterocycles. The lowest BCUT2D eigenvalue weighted by molar-refractivity contribution is 0.102. The molecule has 0 saturated carbocycles. The van der Waals surface area contributed by atoms with Crippen LogP contribution >= 0.6 is 27.3 Å². The van der Waals surface area contributed by atoms with Crippen LogP contribution in [-0.2, 0) is 0 Å². The molecule has 0 fully saturated rings. The van der Waals surface area contributed by atoms with E-state index in [4.69, 9.17) is 0 Å². The van der Waals surface area contributed by atoms with Crippen LogP contribution in [0, 0.1) is 6.92 Å². The van der Waals surface area contributed by atoms with Crippen molar-refractivity contribution < 1.29 is 4.79 Å². The molecule has 4 nitrogen and oxygen atoms in total. The van der Waals surface area contributed by atoms with Crippen LogP contribution in [0.15, 0.2) is 52.4 Å². The minimum absolute atomic E-state index is 0.194. The maximum absolute atomic E-state index is 12.2. The average Bonchev–Trinajstić information content (AvgIpc) is 3.00. The van der Waals surface area contributed by atoms with Gasteiger partial charge in [-0.05, 0) is 31.2 Å². The van der Waals surface area contributed by atoms with Crippen LogP contribution in [0.5, 0.6) is 0 Å². The third-order valence-corrected chi connectivity index (χ3v) is 4.29. The Hall–Kier alpha value is -2.05. The Morgan fingerprint density at radius 2 is 2.14 bits per heavy atom. The van der Waals surface area contributed by atoms with Crippen LogP contribution < -0.4 is 5.32 Å². The molecule has 6 heteroatoms. The molecule has 1 amide bonds. The molecule has 0 saturated heterocycles. The smallest absolute Gasteiger partial charge is 0.259 e. The standard InChI is InChI=1S/C16H12BrN3OS/c1-10-13(15(21)20-16-18-7-8-22-16)5-6-14(19-10)11-3-2-4-12(17)9-11/h2-9H,1H3,(H,18,20,21). The zero-order valence-electron chi connectivity index (χ0n) is 11.7. The molecule has 0 atom stereocenters. The molecule has 0 aliphatic rings. The zero-order valence-corrected chi connectivity index (χ0v) is 14.1. The summed E-state index contributed by atoms with van der Waals surface area (Å²) in [5, 5.41) is 5.17. The molecule has 0 spiro atoms. The van der Waals surface area contributed by atoms with Gasteiger partial charge in [0.2, 0.25) is 0 Å². The highest BCUT2D eigenvalue weighted by molar-refractivity contribution is 9.10. The van der Waals surface area contributed by atoms with Gasteiger partial charge in [0.05, 0.1) is 17.0 Å². The van der Waals surface area contributed by atoms with Crippen molar-refractivity contribution in [3.8, 4) is 11.3 Å². The average molecular weight is 374 g/mol. The van der Waals surface area contributed by atoms with Crippen LogP contribution in [0.4, 0.5) is 5.13 Å². The van der Waals surface area contributed by atoms with Gasteiger partial charge in [-0.15, -0.1) is 11.3 Å². The van der Waals surface area contributed by atoms with Gasteiger partial charge in [-0.3, -0.25) is 15.1 Å². The minimum Gasteiger partial charge on any atom is -0.298 e. The number of nitrogens with zero attached hydrogens (tertiary/aromatic N) is 2. The van der Waals surface area contributed by atoms with Crippen LogP contribution in [0.3, 0.4) is 0 Å². The second-order valence-electron chi connectivity index (χ2n) is 4.63. The van der Waals surface area contributed by atoms with Gasteiger partial charge in [-0.2, -0.15) is 0 Å². The third kappa shape index (κ3) is 3.23. The lowest BCUT2D eigenvalue weighted by Crippen LogP contribution is -2.14. The van der Waals surface area contributed by atoms with Gasteiger partial charge in [0, 0.05) is 21.6 Å². The first-order valence-corrected chi connectivity index (χ1v) is 8.25. The van der Waals surface area contributed by atoms with E-state index in [0.717, 1.165) is 15.7 Å². The molecule has 22 heavy (non-hydrogen) atoms. The second-order valence-corrected chi connectivity index (χ2v) is 6.44. The molecule has 0 unspecified atom stereocenters. The van der Waals surface area contributed by atoms with Crippen LogP contribution in [-0.4, -0.2) is 15.9 Å². The molecular formula is C16H12BrN3OS. The van der Waals surface area contributed by atoms with E-state index in [9.17, 15) is 4.79 Å². The number of rotatable bonds is 3. The van der Waals surface area contributed by atoms with Crippen molar-refractivity contribution in [1.82, 2.24) is 9.97 Å². The number of hydrogen-bond donors (Lipinski definition) is 1. The molecule has 0 bridgehead atoms. The van der Waals surface area contributed by atoms with Gasteiger partial charge in [-0.1, -0.05) is 28.1 Å². The SMILES string of the molecule is Cc1nc(-c2cccc(Br)c2)ccc1C(=O)Nc1nccs1. The summed E-state index contributed by atoms with van der Waals surface area (Å²) in [6.07, 6.45) is 1.65. The van der Waals surface area contributed by atoms with E-state index in [0.29, 0.717) is 16.4 Å². The van der Waals surface area contributed by atoms with E-state index in [1.54, 1.807) is 12.3 Å². The highest BCUT2D eigenvalue weighted by atomic mass is 79.9. The van der Waals surface area contributed by atoms with Gasteiger partial charge >= 0.3 is 0 Å². The molecular weight excluding hydrogens is 362 g/mol. The molecule has 1 aromatic carbocycles. The number of thiazole rings is 1. The number of anilines is 1. The molecule has 0 radical (unpaired) electrons. The number of carbonyl (C=O) groups is 1. The normalized spacial score (nSPS) is 10.5. The fraction of sp³-hybridized carbons (Fsp3) is 0.0625. The minimum atomic E-state index is -0.194. The highest BCUT2D eigenvalue weighted by Crippen LogP contribution is 2.23. The third-order valence-electron chi connectivity index (χ3n) is 3.10. The summed E-state index contributed by atoms with van der Waals surface area (Å²) in [5.74, 6) is -0.194. The number of halogens is 1. The Labute approximate surface area is 140 Å². The van der Waals surface area contributed by atoms with Gasteiger partial charge in [0.15, 0.2) is 5.13 Å². The number of amides is 1. The fourth-order valence-electron chi connectivity index (χ4n) is 2.06. The number of carbonyl (C=O) groups excluding carboxylic acids is 1. The van der Waals surface area contributed by atoms with Crippen molar-refractivity contribution in [1.29, 1.82) is 0 Å². The van der Waals surface area contributed by atoms with Gasteiger partial charge in [0.25, 0.3) is 5.91 Å². The summed E-state index contributed by atoms with van der Waals surface area (Å²) >= 11 is 4.84. The molecule has 110 valence electrons. The predicted octanol–water partition coefficient (Wildman–Crippen LogP) is 4.53. The monoisotopic (exact) mass is 373 g/mol. The molecule has 1 N–H and O–H groups in total. The predicted molar refractivity (Wildman–Crippen MR) is 92.2 cm³/mol.